The molecule has 1 fully saturated rings. The van der Waals surface area contributed by atoms with Gasteiger partial charge in [0.1, 0.15) is 10.8 Å². The van der Waals surface area contributed by atoms with Gasteiger partial charge in [-0.2, -0.15) is 15.1 Å². The lowest BCUT2D eigenvalue weighted by atomic mass is 9.90. The number of nitrogens with zero attached hydrogens (tertiary/aromatic N) is 4. The molecule has 2 aliphatic heterocycles. The third-order valence-corrected chi connectivity index (χ3v) is 6.92. The Morgan fingerprint density at radius 3 is 2.68 bits per heavy atom. The second-order valence-electron chi connectivity index (χ2n) is 7.79. The number of carbonyl (C=O) groups is 1. The van der Waals surface area contributed by atoms with Gasteiger partial charge in [-0.05, 0) is 67.1 Å². The van der Waals surface area contributed by atoms with Gasteiger partial charge in [0.05, 0.1) is 12.7 Å². The predicted molar refractivity (Wildman–Crippen MR) is 124 cm³/mol. The molecule has 1 amide bonds. The summed E-state index contributed by atoms with van der Waals surface area (Å²) in [6, 6.07) is 11.5. The zero-order chi connectivity index (χ0) is 21.4. The van der Waals surface area contributed by atoms with Crippen LogP contribution in [0, 0.1) is 11.3 Å². The molecule has 1 aromatic carbocycles. The molecule has 1 aromatic heterocycles. The van der Waals surface area contributed by atoms with Gasteiger partial charge in [0.2, 0.25) is 5.17 Å². The first-order valence-electron chi connectivity index (χ1n) is 10.5. The fourth-order valence-electron chi connectivity index (χ4n) is 4.16. The molecule has 3 heterocycles. The van der Waals surface area contributed by atoms with E-state index in [-0.39, 0.29) is 11.4 Å². The van der Waals surface area contributed by atoms with Gasteiger partial charge in [0.15, 0.2) is 5.84 Å². The van der Waals surface area contributed by atoms with E-state index < -0.39 is 5.91 Å². The number of aliphatic imine (C=N–C) groups is 1. The van der Waals surface area contributed by atoms with E-state index in [0.29, 0.717) is 11.1 Å². The second kappa shape index (κ2) is 8.19. The predicted octanol–water partition coefficient (Wildman–Crippen LogP) is 4.69. The summed E-state index contributed by atoms with van der Waals surface area (Å²) >= 11 is 1.44. The summed E-state index contributed by atoms with van der Waals surface area (Å²) in [5, 5.41) is 16.3. The number of thioether (sulfide) groups is 1. The molecule has 2 aromatic rings. The van der Waals surface area contributed by atoms with Gasteiger partial charge in [-0.25, -0.2) is 0 Å². The normalized spacial score (nSPS) is 20.7. The van der Waals surface area contributed by atoms with Crippen LogP contribution in [0.5, 0.6) is 5.75 Å². The molecule has 1 N–H and O–H groups in total. The van der Waals surface area contributed by atoms with Crippen molar-refractivity contribution >= 4 is 39.8 Å². The van der Waals surface area contributed by atoms with Crippen molar-refractivity contribution in [1.82, 2.24) is 9.58 Å². The molecule has 0 unspecified atom stereocenters. The Morgan fingerprint density at radius 2 is 1.94 bits per heavy atom. The number of carbonyl (C=O) groups excluding carboxylic acids is 1. The van der Waals surface area contributed by atoms with Crippen molar-refractivity contribution in [2.75, 3.05) is 7.11 Å². The van der Waals surface area contributed by atoms with Crippen molar-refractivity contribution in [3.63, 3.8) is 0 Å². The van der Waals surface area contributed by atoms with Crippen LogP contribution in [-0.4, -0.2) is 38.6 Å². The standard InChI is InChI=1S/C23H23N5O2S/c1-30-18-11-9-16(10-12-18)27-13-5-8-17(27)14-19-20(24)28-23(25-21(19)29)31-22(26-28)15-6-3-2-4-7-15/h5,8-15,24H,2-4,6-7H2,1H3/b19-14-,24-20?. The number of benzene rings is 1. The van der Waals surface area contributed by atoms with E-state index in [0.717, 1.165) is 35.0 Å². The van der Waals surface area contributed by atoms with Crippen molar-refractivity contribution in [2.24, 2.45) is 16.0 Å². The third-order valence-electron chi connectivity index (χ3n) is 5.85. The highest BCUT2D eigenvalue weighted by atomic mass is 32.2. The minimum absolute atomic E-state index is 0.0794. The van der Waals surface area contributed by atoms with E-state index in [2.05, 4.69) is 10.1 Å². The van der Waals surface area contributed by atoms with E-state index >= 15 is 0 Å². The molecule has 0 bridgehead atoms. The molecule has 1 aliphatic carbocycles. The van der Waals surface area contributed by atoms with Gasteiger partial charge in [0, 0.05) is 23.5 Å². The first kappa shape index (κ1) is 19.8. The fourth-order valence-corrected chi connectivity index (χ4v) is 5.22. The number of hydrazone groups is 1. The van der Waals surface area contributed by atoms with Crippen LogP contribution < -0.4 is 4.74 Å². The molecule has 0 saturated heterocycles. The zero-order valence-electron chi connectivity index (χ0n) is 17.2. The lowest BCUT2D eigenvalue weighted by Gasteiger charge is -2.20. The maximum Gasteiger partial charge on any atom is 0.283 e. The molecular weight excluding hydrogens is 410 g/mol. The maximum atomic E-state index is 12.8. The lowest BCUT2D eigenvalue weighted by molar-refractivity contribution is -0.114. The molecule has 0 atom stereocenters. The number of hydrogen-bond donors (Lipinski definition) is 1. The van der Waals surface area contributed by atoms with E-state index in [1.807, 2.05) is 47.2 Å². The summed E-state index contributed by atoms with van der Waals surface area (Å²) in [6.45, 7) is 0. The Labute approximate surface area is 185 Å². The number of aromatic nitrogens is 1. The summed E-state index contributed by atoms with van der Waals surface area (Å²) < 4.78 is 7.19. The van der Waals surface area contributed by atoms with Crippen LogP contribution in [0.2, 0.25) is 0 Å². The molecule has 0 radical (unpaired) electrons. The van der Waals surface area contributed by atoms with E-state index in [9.17, 15) is 4.79 Å². The second-order valence-corrected chi connectivity index (χ2v) is 8.78. The monoisotopic (exact) mass is 433 g/mol. The summed E-state index contributed by atoms with van der Waals surface area (Å²) in [5.41, 5.74) is 1.97. The molecule has 7 nitrogen and oxygen atoms in total. The summed E-state index contributed by atoms with van der Waals surface area (Å²) in [4.78, 5) is 17.0. The van der Waals surface area contributed by atoms with Crippen LogP contribution >= 0.6 is 11.8 Å². The Balaban J connectivity index is 1.44. The minimum atomic E-state index is -0.397. The van der Waals surface area contributed by atoms with E-state index in [1.54, 1.807) is 13.2 Å². The van der Waals surface area contributed by atoms with Gasteiger partial charge in [-0.15, -0.1) is 0 Å². The summed E-state index contributed by atoms with van der Waals surface area (Å²) in [7, 11) is 1.63. The van der Waals surface area contributed by atoms with Gasteiger partial charge in [-0.3, -0.25) is 10.2 Å². The van der Waals surface area contributed by atoms with Crippen molar-refractivity contribution in [2.45, 2.75) is 32.1 Å². The fraction of sp³-hybridized carbons (Fsp3) is 0.304. The van der Waals surface area contributed by atoms with Crippen molar-refractivity contribution in [1.29, 1.82) is 5.41 Å². The average Bonchev–Trinajstić information content (AvgIpc) is 3.44. The van der Waals surface area contributed by atoms with Gasteiger partial charge >= 0.3 is 0 Å². The van der Waals surface area contributed by atoms with Gasteiger partial charge < -0.3 is 9.30 Å². The summed E-state index contributed by atoms with van der Waals surface area (Å²) in [6.07, 6.45) is 9.56. The molecule has 5 rings (SSSR count). The zero-order valence-corrected chi connectivity index (χ0v) is 18.1. The molecule has 31 heavy (non-hydrogen) atoms. The maximum absolute atomic E-state index is 12.8. The first-order chi connectivity index (χ1) is 15.1. The highest BCUT2D eigenvalue weighted by Gasteiger charge is 2.38. The van der Waals surface area contributed by atoms with Gasteiger partial charge in [-0.1, -0.05) is 19.3 Å². The number of amidine groups is 2. The van der Waals surface area contributed by atoms with E-state index in [4.69, 9.17) is 10.1 Å². The van der Waals surface area contributed by atoms with Crippen LogP contribution in [0.1, 0.15) is 37.8 Å². The SMILES string of the molecule is COc1ccc(-n2cccc2/C=C2/C(=N)N3N=C(C4CCCCC4)SC3=NC2=O)cc1. The number of nitrogens with one attached hydrogen (secondary N) is 1. The molecule has 158 valence electrons. The lowest BCUT2D eigenvalue weighted by Crippen LogP contribution is -2.35. The quantitative estimate of drug-likeness (QED) is 0.710. The topological polar surface area (TPSA) is 83.0 Å². The molecule has 3 aliphatic rings. The number of fused-ring (bicyclic) bond motifs is 1. The molecular formula is C23H23N5O2S. The third kappa shape index (κ3) is 3.72. The van der Waals surface area contributed by atoms with Gasteiger partial charge in [0.25, 0.3) is 5.91 Å². The van der Waals surface area contributed by atoms with Crippen molar-refractivity contribution in [3.05, 3.63) is 53.9 Å². The van der Waals surface area contributed by atoms with Crippen LogP contribution in [0.4, 0.5) is 0 Å². The van der Waals surface area contributed by atoms with Crippen LogP contribution in [0.15, 0.2) is 58.3 Å². The minimum Gasteiger partial charge on any atom is -0.497 e. The Kier molecular flexibility index (Phi) is 5.23. The average molecular weight is 434 g/mol. The molecule has 0 spiro atoms. The van der Waals surface area contributed by atoms with Crippen molar-refractivity contribution in [3.8, 4) is 11.4 Å². The number of methoxy groups -OCH3 is 1. The smallest absolute Gasteiger partial charge is 0.283 e. The van der Waals surface area contributed by atoms with Crippen LogP contribution in [-0.2, 0) is 4.79 Å². The number of amides is 1. The molecule has 8 heteroatoms. The number of hydrogen-bond acceptors (Lipinski definition) is 5. The van der Waals surface area contributed by atoms with Crippen molar-refractivity contribution < 1.29 is 9.53 Å². The Morgan fingerprint density at radius 1 is 1.16 bits per heavy atom. The van der Waals surface area contributed by atoms with Crippen LogP contribution in [0.3, 0.4) is 0 Å². The Hall–Kier alpha value is -3.13. The highest BCUT2D eigenvalue weighted by Crippen LogP contribution is 2.36. The first-order valence-corrected chi connectivity index (χ1v) is 11.3. The summed E-state index contributed by atoms with van der Waals surface area (Å²) in [5.74, 6) is 0.872. The highest BCUT2D eigenvalue weighted by molar-refractivity contribution is 8.27. The van der Waals surface area contributed by atoms with Crippen LogP contribution in [0.25, 0.3) is 11.8 Å². The largest absolute Gasteiger partial charge is 0.497 e. The molecule has 1 saturated carbocycles. The van der Waals surface area contributed by atoms with E-state index in [1.165, 1.54) is 36.0 Å². The Bertz CT molecular complexity index is 1120. The number of rotatable bonds is 4. The number of ether oxygens (including phenoxy) is 1.